The summed E-state index contributed by atoms with van der Waals surface area (Å²) < 4.78 is 0.866. The van der Waals surface area contributed by atoms with Gasteiger partial charge in [0.25, 0.3) is 5.91 Å². The molecule has 0 radical (unpaired) electrons. The molecule has 0 bridgehead atoms. The maximum atomic E-state index is 12.8. The average Bonchev–Trinajstić information content (AvgIpc) is 2.94. The van der Waals surface area contributed by atoms with E-state index in [0.29, 0.717) is 11.5 Å². The van der Waals surface area contributed by atoms with Crippen LogP contribution in [0.5, 0.6) is 5.75 Å². The van der Waals surface area contributed by atoms with Gasteiger partial charge in [0.05, 0.1) is 5.56 Å². The standard InChI is InChI=1S/C20H23BrN2O2S/c1-20(2,3)10-4-6-12-15(8-10)26-19-16(12)18(25)22-17(23-19)13-9-11(21)5-7-14(13)24/h5,7,9-10,17,23-24H,4,6,8H2,1-3H3,(H,22,25)/t10-,17-/m0/s1. The first-order valence-electron chi connectivity index (χ1n) is 8.94. The van der Waals surface area contributed by atoms with Gasteiger partial charge in [0, 0.05) is 14.9 Å². The number of rotatable bonds is 1. The molecular formula is C20H23BrN2O2S. The van der Waals surface area contributed by atoms with E-state index in [1.807, 2.05) is 6.07 Å². The average molecular weight is 435 g/mol. The van der Waals surface area contributed by atoms with Crippen molar-refractivity contribution in [1.82, 2.24) is 5.32 Å². The van der Waals surface area contributed by atoms with Crippen LogP contribution in [-0.2, 0) is 12.8 Å². The van der Waals surface area contributed by atoms with Crippen LogP contribution < -0.4 is 10.6 Å². The van der Waals surface area contributed by atoms with Gasteiger partial charge in [-0.15, -0.1) is 11.3 Å². The number of carbonyl (C=O) groups is 1. The van der Waals surface area contributed by atoms with Crippen molar-refractivity contribution in [3.63, 3.8) is 0 Å². The first-order chi connectivity index (χ1) is 12.2. The number of amides is 1. The van der Waals surface area contributed by atoms with Gasteiger partial charge >= 0.3 is 0 Å². The Morgan fingerprint density at radius 1 is 1.27 bits per heavy atom. The number of hydrogen-bond acceptors (Lipinski definition) is 4. The molecular weight excluding hydrogens is 412 g/mol. The molecule has 26 heavy (non-hydrogen) atoms. The Kier molecular flexibility index (Phi) is 4.31. The fourth-order valence-corrected chi connectivity index (χ4v) is 5.68. The van der Waals surface area contributed by atoms with E-state index >= 15 is 0 Å². The third kappa shape index (κ3) is 3.03. The molecule has 1 aromatic heterocycles. The number of nitrogens with one attached hydrogen (secondary N) is 2. The summed E-state index contributed by atoms with van der Waals surface area (Å²) in [5.74, 6) is 0.765. The van der Waals surface area contributed by atoms with Crippen LogP contribution in [0, 0.1) is 11.3 Å². The Labute approximate surface area is 166 Å². The van der Waals surface area contributed by atoms with Crippen molar-refractivity contribution in [2.75, 3.05) is 5.32 Å². The highest BCUT2D eigenvalue weighted by Crippen LogP contribution is 2.46. The lowest BCUT2D eigenvalue weighted by molar-refractivity contribution is 0.0934. The van der Waals surface area contributed by atoms with E-state index < -0.39 is 6.17 Å². The molecule has 0 spiro atoms. The lowest BCUT2D eigenvalue weighted by atomic mass is 9.72. The number of benzene rings is 1. The number of phenols is 1. The Morgan fingerprint density at radius 2 is 2.04 bits per heavy atom. The summed E-state index contributed by atoms with van der Waals surface area (Å²) >= 11 is 5.14. The minimum absolute atomic E-state index is 0.0464. The first-order valence-corrected chi connectivity index (χ1v) is 10.6. The molecule has 0 saturated heterocycles. The Hall–Kier alpha value is -1.53. The molecule has 1 aromatic carbocycles. The van der Waals surface area contributed by atoms with Gasteiger partial charge in [-0.25, -0.2) is 0 Å². The molecule has 6 heteroatoms. The largest absolute Gasteiger partial charge is 0.508 e. The van der Waals surface area contributed by atoms with Crippen LogP contribution in [0.25, 0.3) is 0 Å². The lowest BCUT2D eigenvalue weighted by Gasteiger charge is -2.34. The molecule has 138 valence electrons. The number of hydrogen-bond donors (Lipinski definition) is 3. The molecule has 0 saturated carbocycles. The molecule has 4 nitrogen and oxygen atoms in total. The van der Waals surface area contributed by atoms with Crippen LogP contribution in [0.1, 0.15) is 59.7 Å². The number of fused-ring (bicyclic) bond motifs is 3. The van der Waals surface area contributed by atoms with E-state index in [1.165, 1.54) is 10.4 Å². The van der Waals surface area contributed by atoms with E-state index in [2.05, 4.69) is 47.3 Å². The summed E-state index contributed by atoms with van der Waals surface area (Å²) in [5, 5.41) is 17.6. The molecule has 2 heterocycles. The molecule has 0 unspecified atom stereocenters. The number of halogens is 1. The van der Waals surface area contributed by atoms with Gasteiger partial charge in [0.15, 0.2) is 0 Å². The molecule has 1 amide bonds. The third-order valence-corrected chi connectivity index (χ3v) is 7.25. The SMILES string of the molecule is CC(C)(C)[C@H]1CCc2c(sc3c2C(=O)N[C@H](c2cc(Br)ccc2O)N3)C1. The van der Waals surface area contributed by atoms with Crippen molar-refractivity contribution in [3.8, 4) is 5.75 Å². The van der Waals surface area contributed by atoms with Crippen molar-refractivity contribution in [2.24, 2.45) is 11.3 Å². The van der Waals surface area contributed by atoms with Gasteiger partial charge in [0.1, 0.15) is 16.9 Å². The second-order valence-corrected chi connectivity index (χ2v) is 10.3. The molecule has 1 aliphatic carbocycles. The first kappa shape index (κ1) is 17.9. The van der Waals surface area contributed by atoms with Crippen LogP contribution in [-0.4, -0.2) is 11.0 Å². The lowest BCUT2D eigenvalue weighted by Crippen LogP contribution is -2.38. The summed E-state index contributed by atoms with van der Waals surface area (Å²) in [6.07, 6.45) is 2.71. The van der Waals surface area contributed by atoms with Crippen LogP contribution >= 0.6 is 27.3 Å². The fraction of sp³-hybridized carbons (Fsp3) is 0.450. The van der Waals surface area contributed by atoms with Gasteiger partial charge in [-0.05, 0) is 54.4 Å². The summed E-state index contributed by atoms with van der Waals surface area (Å²) in [6.45, 7) is 6.90. The van der Waals surface area contributed by atoms with Gasteiger partial charge in [-0.2, -0.15) is 0 Å². The van der Waals surface area contributed by atoms with Crippen LogP contribution in [0.3, 0.4) is 0 Å². The quantitative estimate of drug-likeness (QED) is 0.576. The van der Waals surface area contributed by atoms with Crippen molar-refractivity contribution in [3.05, 3.63) is 44.2 Å². The van der Waals surface area contributed by atoms with E-state index in [0.717, 1.165) is 34.3 Å². The van der Waals surface area contributed by atoms with Gasteiger partial charge in [-0.3, -0.25) is 4.79 Å². The smallest absolute Gasteiger partial charge is 0.256 e. The van der Waals surface area contributed by atoms with Gasteiger partial charge in [0.2, 0.25) is 0 Å². The predicted molar refractivity (Wildman–Crippen MR) is 109 cm³/mol. The highest BCUT2D eigenvalue weighted by Gasteiger charge is 2.36. The van der Waals surface area contributed by atoms with E-state index in [-0.39, 0.29) is 17.1 Å². The van der Waals surface area contributed by atoms with Crippen LogP contribution in [0.15, 0.2) is 22.7 Å². The molecule has 1 aliphatic heterocycles. The maximum Gasteiger partial charge on any atom is 0.256 e. The molecule has 0 fully saturated rings. The second kappa shape index (κ2) is 6.27. The molecule has 4 rings (SSSR count). The summed E-state index contributed by atoms with van der Waals surface area (Å²) in [6, 6.07) is 5.25. The second-order valence-electron chi connectivity index (χ2n) is 8.27. The predicted octanol–water partition coefficient (Wildman–Crippen LogP) is 5.22. The van der Waals surface area contributed by atoms with Crippen LogP contribution in [0.2, 0.25) is 0 Å². The number of thiophene rings is 1. The van der Waals surface area contributed by atoms with Crippen molar-refractivity contribution in [2.45, 2.75) is 46.2 Å². The fourth-order valence-electron chi connectivity index (χ4n) is 3.95. The highest BCUT2D eigenvalue weighted by atomic mass is 79.9. The minimum atomic E-state index is -0.425. The number of anilines is 1. The van der Waals surface area contributed by atoms with E-state index in [9.17, 15) is 9.90 Å². The normalized spacial score (nSPS) is 22.2. The van der Waals surface area contributed by atoms with Crippen molar-refractivity contribution < 1.29 is 9.90 Å². The molecule has 3 N–H and O–H groups in total. The number of phenolic OH excluding ortho intramolecular Hbond substituents is 1. The van der Waals surface area contributed by atoms with Gasteiger partial charge in [-0.1, -0.05) is 36.7 Å². The molecule has 2 aromatic rings. The number of aromatic hydroxyl groups is 1. The minimum Gasteiger partial charge on any atom is -0.508 e. The Bertz CT molecular complexity index is 885. The third-order valence-electron chi connectivity index (χ3n) is 5.57. The maximum absolute atomic E-state index is 12.8. The molecule has 2 atom stereocenters. The highest BCUT2D eigenvalue weighted by molar-refractivity contribution is 9.10. The van der Waals surface area contributed by atoms with Crippen molar-refractivity contribution >= 4 is 38.2 Å². The van der Waals surface area contributed by atoms with Crippen molar-refractivity contribution in [1.29, 1.82) is 0 Å². The van der Waals surface area contributed by atoms with Crippen LogP contribution in [0.4, 0.5) is 5.00 Å². The molecule has 2 aliphatic rings. The Morgan fingerprint density at radius 3 is 2.77 bits per heavy atom. The number of carbonyl (C=O) groups excluding carboxylic acids is 1. The van der Waals surface area contributed by atoms with E-state index in [4.69, 9.17) is 0 Å². The zero-order valence-electron chi connectivity index (χ0n) is 15.1. The zero-order chi connectivity index (χ0) is 18.6. The van der Waals surface area contributed by atoms with E-state index in [1.54, 1.807) is 23.5 Å². The summed E-state index contributed by atoms with van der Waals surface area (Å²) in [5.41, 5.74) is 2.97. The topological polar surface area (TPSA) is 61.4 Å². The summed E-state index contributed by atoms with van der Waals surface area (Å²) in [7, 11) is 0. The monoisotopic (exact) mass is 434 g/mol. The van der Waals surface area contributed by atoms with Gasteiger partial charge < -0.3 is 15.7 Å². The zero-order valence-corrected chi connectivity index (χ0v) is 17.6. The summed E-state index contributed by atoms with van der Waals surface area (Å²) in [4.78, 5) is 14.2. The Balaban J connectivity index is 1.68.